The number of aryl methyl sites for hydroxylation is 1. The zero-order valence-corrected chi connectivity index (χ0v) is 15.0. The number of anilines is 1. The van der Waals surface area contributed by atoms with Crippen LogP contribution in [0.2, 0.25) is 0 Å². The van der Waals surface area contributed by atoms with Crippen molar-refractivity contribution in [2.24, 2.45) is 0 Å². The molecule has 3 aromatic rings. The fourth-order valence-corrected chi connectivity index (χ4v) is 2.72. The van der Waals surface area contributed by atoms with Crippen LogP contribution in [0.3, 0.4) is 0 Å². The first-order valence-electron chi connectivity index (χ1n) is 8.61. The minimum Gasteiger partial charge on any atom is -0.492 e. The third-order valence-corrected chi connectivity index (χ3v) is 4.10. The first-order valence-corrected chi connectivity index (χ1v) is 8.61. The summed E-state index contributed by atoms with van der Waals surface area (Å²) in [5.41, 5.74) is 3.25. The SMILES string of the molecule is CCc1nc(NC)c2cc(-c3ccc(OCCNC)cc3)ccc2n1. The van der Waals surface area contributed by atoms with Gasteiger partial charge in [-0.2, -0.15) is 0 Å². The molecule has 0 fully saturated rings. The molecule has 5 nitrogen and oxygen atoms in total. The molecule has 130 valence electrons. The highest BCUT2D eigenvalue weighted by atomic mass is 16.5. The van der Waals surface area contributed by atoms with E-state index in [9.17, 15) is 0 Å². The largest absolute Gasteiger partial charge is 0.492 e. The lowest BCUT2D eigenvalue weighted by atomic mass is 10.0. The summed E-state index contributed by atoms with van der Waals surface area (Å²) in [5.74, 6) is 2.61. The summed E-state index contributed by atoms with van der Waals surface area (Å²) < 4.78 is 5.68. The van der Waals surface area contributed by atoms with Crippen molar-refractivity contribution >= 4 is 16.7 Å². The van der Waals surface area contributed by atoms with Gasteiger partial charge in [-0.25, -0.2) is 9.97 Å². The molecule has 0 amide bonds. The Morgan fingerprint density at radius 1 is 0.960 bits per heavy atom. The fourth-order valence-electron chi connectivity index (χ4n) is 2.72. The van der Waals surface area contributed by atoms with E-state index in [1.807, 2.05) is 26.2 Å². The fraction of sp³-hybridized carbons (Fsp3) is 0.300. The molecule has 1 aromatic heterocycles. The van der Waals surface area contributed by atoms with Gasteiger partial charge in [0.05, 0.1) is 5.52 Å². The van der Waals surface area contributed by atoms with E-state index in [1.54, 1.807) is 0 Å². The van der Waals surface area contributed by atoms with Crippen LogP contribution < -0.4 is 15.4 Å². The summed E-state index contributed by atoms with van der Waals surface area (Å²) in [6.07, 6.45) is 0.821. The molecule has 2 aromatic carbocycles. The van der Waals surface area contributed by atoms with Crippen LogP contribution in [0.4, 0.5) is 5.82 Å². The van der Waals surface area contributed by atoms with Gasteiger partial charge in [-0.05, 0) is 42.4 Å². The van der Waals surface area contributed by atoms with E-state index >= 15 is 0 Å². The molecule has 0 aliphatic rings. The van der Waals surface area contributed by atoms with Gasteiger partial charge >= 0.3 is 0 Å². The predicted molar refractivity (Wildman–Crippen MR) is 103 cm³/mol. The zero-order chi connectivity index (χ0) is 17.6. The molecule has 0 radical (unpaired) electrons. The van der Waals surface area contributed by atoms with Crippen LogP contribution in [0.1, 0.15) is 12.7 Å². The molecule has 2 N–H and O–H groups in total. The van der Waals surface area contributed by atoms with Gasteiger partial charge in [0.15, 0.2) is 0 Å². The number of hydrogen-bond donors (Lipinski definition) is 2. The smallest absolute Gasteiger partial charge is 0.137 e. The van der Waals surface area contributed by atoms with Gasteiger partial charge in [-0.1, -0.05) is 25.1 Å². The maximum Gasteiger partial charge on any atom is 0.137 e. The summed E-state index contributed by atoms with van der Waals surface area (Å²) in [7, 11) is 3.81. The molecule has 3 rings (SSSR count). The van der Waals surface area contributed by atoms with Crippen molar-refractivity contribution in [2.45, 2.75) is 13.3 Å². The molecule has 25 heavy (non-hydrogen) atoms. The van der Waals surface area contributed by atoms with Gasteiger partial charge in [0, 0.05) is 25.4 Å². The van der Waals surface area contributed by atoms with Crippen LogP contribution in [0.5, 0.6) is 5.75 Å². The molecule has 0 spiro atoms. The van der Waals surface area contributed by atoms with Crippen molar-refractivity contribution in [1.82, 2.24) is 15.3 Å². The van der Waals surface area contributed by atoms with Gasteiger partial charge in [-0.15, -0.1) is 0 Å². The van der Waals surface area contributed by atoms with Crippen LogP contribution in [-0.2, 0) is 6.42 Å². The Bertz CT molecular complexity index is 846. The second-order valence-electron chi connectivity index (χ2n) is 5.80. The van der Waals surface area contributed by atoms with Crippen molar-refractivity contribution in [1.29, 1.82) is 0 Å². The van der Waals surface area contributed by atoms with Gasteiger partial charge in [0.2, 0.25) is 0 Å². The van der Waals surface area contributed by atoms with E-state index in [-0.39, 0.29) is 0 Å². The van der Waals surface area contributed by atoms with E-state index in [1.165, 1.54) is 0 Å². The number of likely N-dealkylation sites (N-methyl/N-ethyl adjacent to an activating group) is 1. The number of aromatic nitrogens is 2. The van der Waals surface area contributed by atoms with Gasteiger partial charge in [0.1, 0.15) is 24.0 Å². The Morgan fingerprint density at radius 3 is 2.40 bits per heavy atom. The molecule has 0 bridgehead atoms. The molecule has 5 heteroatoms. The van der Waals surface area contributed by atoms with Crippen molar-refractivity contribution in [3.05, 3.63) is 48.3 Å². The number of ether oxygens (including phenoxy) is 1. The molecule has 1 heterocycles. The van der Waals surface area contributed by atoms with E-state index in [4.69, 9.17) is 4.74 Å². The van der Waals surface area contributed by atoms with Crippen molar-refractivity contribution in [2.75, 3.05) is 32.6 Å². The Kier molecular flexibility index (Phi) is 5.46. The van der Waals surface area contributed by atoms with Crippen LogP contribution in [0.15, 0.2) is 42.5 Å². The normalized spacial score (nSPS) is 10.8. The number of fused-ring (bicyclic) bond motifs is 1. The highest BCUT2D eigenvalue weighted by Crippen LogP contribution is 2.28. The number of rotatable bonds is 7. The molecule has 0 aliphatic carbocycles. The van der Waals surface area contributed by atoms with Crippen LogP contribution in [-0.4, -0.2) is 37.2 Å². The monoisotopic (exact) mass is 336 g/mol. The lowest BCUT2D eigenvalue weighted by Gasteiger charge is -2.10. The first-order chi connectivity index (χ1) is 12.2. The molecule has 0 unspecified atom stereocenters. The number of benzene rings is 2. The maximum atomic E-state index is 5.68. The van der Waals surface area contributed by atoms with Crippen LogP contribution in [0, 0.1) is 0 Å². The average molecular weight is 336 g/mol. The van der Waals surface area contributed by atoms with Crippen LogP contribution in [0.25, 0.3) is 22.0 Å². The summed E-state index contributed by atoms with van der Waals surface area (Å²) in [6.45, 7) is 3.56. The minimum absolute atomic E-state index is 0.661. The second-order valence-corrected chi connectivity index (χ2v) is 5.80. The first kappa shape index (κ1) is 17.2. The maximum absolute atomic E-state index is 5.68. The lowest BCUT2D eigenvalue weighted by Crippen LogP contribution is -2.15. The molecule has 0 saturated heterocycles. The minimum atomic E-state index is 0.661. The number of hydrogen-bond acceptors (Lipinski definition) is 5. The van der Waals surface area contributed by atoms with E-state index < -0.39 is 0 Å². The standard InChI is InChI=1S/C20H24N4O/c1-4-19-23-18-10-7-15(13-17(18)20(22-3)24-19)14-5-8-16(9-6-14)25-12-11-21-2/h5-10,13,21H,4,11-12H2,1-3H3,(H,22,23,24). The van der Waals surface area contributed by atoms with Gasteiger partial charge in [0.25, 0.3) is 0 Å². The summed E-state index contributed by atoms with van der Waals surface area (Å²) in [6, 6.07) is 14.5. The second kappa shape index (κ2) is 7.94. The van der Waals surface area contributed by atoms with Crippen molar-refractivity contribution in [3.8, 4) is 16.9 Å². The molecule has 0 aliphatic heterocycles. The third kappa shape index (κ3) is 3.88. The van der Waals surface area contributed by atoms with Gasteiger partial charge < -0.3 is 15.4 Å². The summed E-state index contributed by atoms with van der Waals surface area (Å²) in [4.78, 5) is 9.20. The third-order valence-electron chi connectivity index (χ3n) is 4.10. The summed E-state index contributed by atoms with van der Waals surface area (Å²) in [5, 5.41) is 7.29. The Labute approximate surface area is 148 Å². The molecular formula is C20H24N4O. The lowest BCUT2D eigenvalue weighted by molar-refractivity contribution is 0.318. The van der Waals surface area contributed by atoms with E-state index in [2.05, 4.69) is 57.9 Å². The van der Waals surface area contributed by atoms with Crippen molar-refractivity contribution < 1.29 is 4.74 Å². The average Bonchev–Trinajstić information content (AvgIpc) is 2.67. The van der Waals surface area contributed by atoms with Crippen molar-refractivity contribution in [3.63, 3.8) is 0 Å². The molecular weight excluding hydrogens is 312 g/mol. The highest BCUT2D eigenvalue weighted by molar-refractivity contribution is 5.92. The number of nitrogens with zero attached hydrogens (tertiary/aromatic N) is 2. The Hall–Kier alpha value is -2.66. The molecule has 0 atom stereocenters. The Balaban J connectivity index is 1.90. The topological polar surface area (TPSA) is 59.1 Å². The highest BCUT2D eigenvalue weighted by Gasteiger charge is 2.08. The van der Waals surface area contributed by atoms with Crippen LogP contribution >= 0.6 is 0 Å². The van der Waals surface area contributed by atoms with E-state index in [0.717, 1.165) is 52.4 Å². The quantitative estimate of drug-likeness (QED) is 0.647. The predicted octanol–water partition coefficient (Wildman–Crippen LogP) is 3.50. The molecule has 0 saturated carbocycles. The van der Waals surface area contributed by atoms with Gasteiger partial charge in [-0.3, -0.25) is 0 Å². The summed E-state index contributed by atoms with van der Waals surface area (Å²) >= 11 is 0. The number of nitrogens with one attached hydrogen (secondary N) is 2. The van der Waals surface area contributed by atoms with E-state index in [0.29, 0.717) is 6.61 Å². The zero-order valence-electron chi connectivity index (χ0n) is 15.0. The Morgan fingerprint density at radius 2 is 1.72 bits per heavy atom.